The summed E-state index contributed by atoms with van der Waals surface area (Å²) < 4.78 is 0. The van der Waals surface area contributed by atoms with Gasteiger partial charge in [0.1, 0.15) is 0 Å². The number of fused-ring (bicyclic) bond motifs is 2. The molecule has 2 bridgehead atoms. The van der Waals surface area contributed by atoms with Crippen LogP contribution < -0.4 is 5.73 Å². The van der Waals surface area contributed by atoms with E-state index in [-0.39, 0.29) is 0 Å². The molecule has 1 unspecified atom stereocenters. The predicted octanol–water partition coefficient (Wildman–Crippen LogP) is 0.816. The highest BCUT2D eigenvalue weighted by Gasteiger charge is 2.43. The van der Waals surface area contributed by atoms with Gasteiger partial charge in [0.05, 0.1) is 0 Å². The maximum atomic E-state index is 5.96. The van der Waals surface area contributed by atoms with Crippen molar-refractivity contribution >= 4 is 0 Å². The summed E-state index contributed by atoms with van der Waals surface area (Å²) in [5.74, 6) is 0.808. The van der Waals surface area contributed by atoms with Gasteiger partial charge < -0.3 is 5.73 Å². The lowest BCUT2D eigenvalue weighted by Gasteiger charge is -2.32. The van der Waals surface area contributed by atoms with Gasteiger partial charge in [0.25, 0.3) is 0 Å². The molecule has 1 heterocycles. The minimum Gasteiger partial charge on any atom is -0.327 e. The molecule has 11 heavy (non-hydrogen) atoms. The molecule has 1 aliphatic heterocycles. The standard InChI is InChI=1S/C9H18N2/c1-6(2)11-5-7-3-8(11)4-9(7)10/h6-9H,3-5,10H2,1-2H3/t7-,8?,9-/m1/s1. The van der Waals surface area contributed by atoms with Crippen molar-refractivity contribution in [1.29, 1.82) is 0 Å². The zero-order chi connectivity index (χ0) is 8.01. The average Bonchev–Trinajstić information content (AvgIpc) is 2.43. The van der Waals surface area contributed by atoms with Crippen molar-refractivity contribution in [2.24, 2.45) is 11.7 Å². The minimum atomic E-state index is 0.509. The average molecular weight is 154 g/mol. The summed E-state index contributed by atoms with van der Waals surface area (Å²) in [5.41, 5.74) is 5.96. The van der Waals surface area contributed by atoms with Crippen LogP contribution >= 0.6 is 0 Å². The van der Waals surface area contributed by atoms with Crippen LogP contribution in [0.4, 0.5) is 0 Å². The third kappa shape index (κ3) is 1.09. The lowest BCUT2D eigenvalue weighted by molar-refractivity contribution is 0.160. The molecule has 1 saturated heterocycles. The summed E-state index contributed by atoms with van der Waals surface area (Å²) in [6.45, 7) is 5.82. The first-order valence-corrected chi connectivity index (χ1v) is 4.70. The number of rotatable bonds is 1. The largest absolute Gasteiger partial charge is 0.327 e. The highest BCUT2D eigenvalue weighted by atomic mass is 15.2. The lowest BCUT2D eigenvalue weighted by atomic mass is 10.0. The minimum absolute atomic E-state index is 0.509. The molecular formula is C9H18N2. The smallest absolute Gasteiger partial charge is 0.0117 e. The second-order valence-corrected chi connectivity index (χ2v) is 4.34. The molecule has 3 atom stereocenters. The van der Waals surface area contributed by atoms with Crippen LogP contribution in [0, 0.1) is 5.92 Å². The van der Waals surface area contributed by atoms with E-state index >= 15 is 0 Å². The van der Waals surface area contributed by atoms with Crippen LogP contribution in [0.1, 0.15) is 26.7 Å². The molecule has 1 aliphatic carbocycles. The lowest BCUT2D eigenvalue weighted by Crippen LogP contribution is -2.44. The van der Waals surface area contributed by atoms with Crippen molar-refractivity contribution in [3.63, 3.8) is 0 Å². The quantitative estimate of drug-likeness (QED) is 0.606. The van der Waals surface area contributed by atoms with E-state index < -0.39 is 0 Å². The second kappa shape index (κ2) is 2.46. The van der Waals surface area contributed by atoms with Gasteiger partial charge in [0.15, 0.2) is 0 Å². The number of nitrogens with two attached hydrogens (primary N) is 1. The number of nitrogens with zero attached hydrogens (tertiary/aromatic N) is 1. The van der Waals surface area contributed by atoms with Gasteiger partial charge in [-0.1, -0.05) is 0 Å². The third-order valence-electron chi connectivity index (χ3n) is 3.30. The summed E-state index contributed by atoms with van der Waals surface area (Å²) in [7, 11) is 0. The molecule has 64 valence electrons. The maximum Gasteiger partial charge on any atom is 0.0117 e. The fraction of sp³-hybridized carbons (Fsp3) is 1.00. The first-order valence-electron chi connectivity index (χ1n) is 4.70. The Morgan fingerprint density at radius 1 is 1.36 bits per heavy atom. The van der Waals surface area contributed by atoms with Crippen LogP contribution in [0.2, 0.25) is 0 Å². The van der Waals surface area contributed by atoms with Gasteiger partial charge in [0, 0.05) is 24.7 Å². The molecular weight excluding hydrogens is 136 g/mol. The Hall–Kier alpha value is -0.0800. The van der Waals surface area contributed by atoms with E-state index in [0.29, 0.717) is 6.04 Å². The summed E-state index contributed by atoms with van der Waals surface area (Å²) in [4.78, 5) is 2.61. The zero-order valence-electron chi connectivity index (χ0n) is 7.46. The monoisotopic (exact) mass is 154 g/mol. The molecule has 2 N–H and O–H groups in total. The van der Waals surface area contributed by atoms with Gasteiger partial charge in [-0.15, -0.1) is 0 Å². The van der Waals surface area contributed by atoms with E-state index in [4.69, 9.17) is 5.73 Å². The summed E-state index contributed by atoms with van der Waals surface area (Å²) in [5, 5.41) is 0. The molecule has 2 nitrogen and oxygen atoms in total. The molecule has 0 spiro atoms. The molecule has 0 aromatic carbocycles. The Balaban J connectivity index is 2.02. The van der Waals surface area contributed by atoms with Crippen LogP contribution in [-0.4, -0.2) is 29.6 Å². The van der Waals surface area contributed by atoms with E-state index in [1.165, 1.54) is 19.4 Å². The topological polar surface area (TPSA) is 29.3 Å². The highest BCUT2D eigenvalue weighted by Crippen LogP contribution is 2.37. The van der Waals surface area contributed by atoms with E-state index in [1.54, 1.807) is 0 Å². The number of hydrogen-bond acceptors (Lipinski definition) is 2. The molecule has 2 fully saturated rings. The molecule has 1 saturated carbocycles. The SMILES string of the molecule is CC(C)N1C[C@H]2CC1C[C@H]2N. The Morgan fingerprint density at radius 2 is 2.09 bits per heavy atom. The van der Waals surface area contributed by atoms with Gasteiger partial charge in [-0.2, -0.15) is 0 Å². The van der Waals surface area contributed by atoms with Gasteiger partial charge in [-0.3, -0.25) is 4.90 Å². The zero-order valence-corrected chi connectivity index (χ0v) is 7.46. The van der Waals surface area contributed by atoms with Crippen LogP contribution in [0.25, 0.3) is 0 Å². The normalized spacial score (nSPS) is 44.2. The summed E-state index contributed by atoms with van der Waals surface area (Å²) >= 11 is 0. The van der Waals surface area contributed by atoms with E-state index in [9.17, 15) is 0 Å². The number of piperidine rings is 1. The Labute approximate surface area is 68.7 Å². The van der Waals surface area contributed by atoms with Crippen molar-refractivity contribution in [2.45, 2.75) is 44.8 Å². The third-order valence-corrected chi connectivity index (χ3v) is 3.30. The first-order chi connectivity index (χ1) is 5.18. The molecule has 2 heteroatoms. The maximum absolute atomic E-state index is 5.96. The van der Waals surface area contributed by atoms with E-state index in [1.807, 2.05) is 0 Å². The van der Waals surface area contributed by atoms with Crippen LogP contribution in [0.5, 0.6) is 0 Å². The fourth-order valence-corrected chi connectivity index (χ4v) is 2.66. The van der Waals surface area contributed by atoms with Crippen molar-refractivity contribution < 1.29 is 0 Å². The predicted molar refractivity (Wildman–Crippen MR) is 46.3 cm³/mol. The van der Waals surface area contributed by atoms with Crippen molar-refractivity contribution in [1.82, 2.24) is 4.90 Å². The van der Waals surface area contributed by atoms with E-state index in [0.717, 1.165) is 18.0 Å². The van der Waals surface area contributed by atoms with Crippen molar-refractivity contribution in [2.75, 3.05) is 6.54 Å². The Bertz CT molecular complexity index is 154. The molecule has 0 aromatic heterocycles. The van der Waals surface area contributed by atoms with Crippen LogP contribution in [0.15, 0.2) is 0 Å². The number of hydrogen-bond donors (Lipinski definition) is 1. The first kappa shape index (κ1) is 7.56. The van der Waals surface area contributed by atoms with Gasteiger partial charge in [-0.05, 0) is 32.6 Å². The number of likely N-dealkylation sites (tertiary alicyclic amines) is 1. The van der Waals surface area contributed by atoms with Gasteiger partial charge >= 0.3 is 0 Å². The Kier molecular flexibility index (Phi) is 1.69. The summed E-state index contributed by atoms with van der Waals surface area (Å²) in [6.07, 6.45) is 2.60. The van der Waals surface area contributed by atoms with Crippen molar-refractivity contribution in [3.8, 4) is 0 Å². The summed E-state index contributed by atoms with van der Waals surface area (Å²) in [6, 6.07) is 2.04. The van der Waals surface area contributed by atoms with Crippen molar-refractivity contribution in [3.05, 3.63) is 0 Å². The van der Waals surface area contributed by atoms with Gasteiger partial charge in [0.2, 0.25) is 0 Å². The van der Waals surface area contributed by atoms with Gasteiger partial charge in [-0.25, -0.2) is 0 Å². The van der Waals surface area contributed by atoms with Crippen LogP contribution in [0.3, 0.4) is 0 Å². The van der Waals surface area contributed by atoms with E-state index in [2.05, 4.69) is 18.7 Å². The second-order valence-electron chi connectivity index (χ2n) is 4.34. The van der Waals surface area contributed by atoms with Crippen LogP contribution in [-0.2, 0) is 0 Å². The highest BCUT2D eigenvalue weighted by molar-refractivity contribution is 5.00. The molecule has 0 aromatic rings. The molecule has 0 amide bonds. The molecule has 0 radical (unpaired) electrons. The molecule has 2 rings (SSSR count). The Morgan fingerprint density at radius 3 is 2.45 bits per heavy atom. The molecule has 2 aliphatic rings. The fourth-order valence-electron chi connectivity index (χ4n) is 2.66.